The van der Waals surface area contributed by atoms with Gasteiger partial charge in [-0.3, -0.25) is 14.2 Å². The van der Waals surface area contributed by atoms with E-state index in [0.29, 0.717) is 26.1 Å². The molecular formula is C21H15ClFN3O2S2. The highest BCUT2D eigenvalue weighted by atomic mass is 35.5. The molecule has 0 aliphatic rings. The third-order valence-electron chi connectivity index (χ3n) is 4.25. The van der Waals surface area contributed by atoms with Gasteiger partial charge in [0, 0.05) is 10.7 Å². The number of nitrogens with zero attached hydrogens (tertiary/aromatic N) is 2. The highest BCUT2D eigenvalue weighted by Crippen LogP contribution is 2.22. The van der Waals surface area contributed by atoms with Crippen LogP contribution in [0.2, 0.25) is 5.02 Å². The molecule has 0 saturated carbocycles. The summed E-state index contributed by atoms with van der Waals surface area (Å²) >= 11 is 8.36. The van der Waals surface area contributed by atoms with Crippen molar-refractivity contribution in [3.05, 3.63) is 86.7 Å². The fourth-order valence-corrected chi connectivity index (χ4v) is 4.51. The summed E-state index contributed by atoms with van der Waals surface area (Å²) in [5, 5.41) is 5.61. The normalized spacial score (nSPS) is 11.0. The third kappa shape index (κ3) is 4.72. The van der Waals surface area contributed by atoms with Gasteiger partial charge in [-0.25, -0.2) is 9.37 Å². The van der Waals surface area contributed by atoms with Crippen LogP contribution < -0.4 is 10.9 Å². The predicted octanol–water partition coefficient (Wildman–Crippen LogP) is 5.03. The van der Waals surface area contributed by atoms with E-state index in [4.69, 9.17) is 11.6 Å². The van der Waals surface area contributed by atoms with Crippen molar-refractivity contribution in [1.82, 2.24) is 9.55 Å². The molecule has 2 aromatic heterocycles. The van der Waals surface area contributed by atoms with E-state index in [0.717, 1.165) is 5.56 Å². The quantitative estimate of drug-likeness (QED) is 0.324. The average Bonchev–Trinajstić information content (AvgIpc) is 3.21. The first-order valence-corrected chi connectivity index (χ1v) is 11.1. The standard InChI is InChI=1S/C21H15ClFN3O2S2/c22-14-3-7-16(8-4-14)24-18(27)12-30-21-25-17-9-10-29-19(17)20(28)26(21)11-13-1-5-15(23)6-2-13/h1-10H,11-12H2,(H,24,27). The number of nitrogens with one attached hydrogen (secondary N) is 1. The molecule has 0 spiro atoms. The summed E-state index contributed by atoms with van der Waals surface area (Å²) in [5.41, 5.74) is 1.82. The summed E-state index contributed by atoms with van der Waals surface area (Å²) in [5.74, 6) is -0.490. The molecule has 152 valence electrons. The number of hydrogen-bond acceptors (Lipinski definition) is 5. The topological polar surface area (TPSA) is 64.0 Å². The highest BCUT2D eigenvalue weighted by molar-refractivity contribution is 7.99. The van der Waals surface area contributed by atoms with Crippen molar-refractivity contribution in [1.29, 1.82) is 0 Å². The van der Waals surface area contributed by atoms with Crippen LogP contribution in [0.4, 0.5) is 10.1 Å². The number of amides is 1. The Morgan fingerprint density at radius 2 is 1.87 bits per heavy atom. The number of halogens is 2. The Balaban J connectivity index is 1.57. The molecule has 0 atom stereocenters. The predicted molar refractivity (Wildman–Crippen MR) is 120 cm³/mol. The zero-order valence-electron chi connectivity index (χ0n) is 15.5. The van der Waals surface area contributed by atoms with E-state index in [2.05, 4.69) is 10.3 Å². The number of benzene rings is 2. The molecule has 0 unspecified atom stereocenters. The van der Waals surface area contributed by atoms with Crippen LogP contribution in [0, 0.1) is 5.82 Å². The molecule has 0 radical (unpaired) electrons. The number of thiophene rings is 1. The minimum Gasteiger partial charge on any atom is -0.325 e. The lowest BCUT2D eigenvalue weighted by Crippen LogP contribution is -2.24. The van der Waals surface area contributed by atoms with E-state index in [1.165, 1.54) is 39.8 Å². The molecule has 5 nitrogen and oxygen atoms in total. The monoisotopic (exact) mass is 459 g/mol. The summed E-state index contributed by atoms with van der Waals surface area (Å²) in [4.78, 5) is 29.9. The van der Waals surface area contributed by atoms with Crippen molar-refractivity contribution < 1.29 is 9.18 Å². The van der Waals surface area contributed by atoms with E-state index in [9.17, 15) is 14.0 Å². The van der Waals surface area contributed by atoms with Gasteiger partial charge in [0.05, 0.1) is 17.8 Å². The smallest absolute Gasteiger partial charge is 0.272 e. The number of thioether (sulfide) groups is 1. The van der Waals surface area contributed by atoms with Crippen LogP contribution in [-0.2, 0) is 11.3 Å². The lowest BCUT2D eigenvalue weighted by Gasteiger charge is -2.12. The molecule has 9 heteroatoms. The summed E-state index contributed by atoms with van der Waals surface area (Å²) in [6.45, 7) is 0.237. The SMILES string of the molecule is O=C(CSc1nc2ccsc2c(=O)n1Cc1ccc(F)cc1)Nc1ccc(Cl)cc1. The fraction of sp³-hybridized carbons (Fsp3) is 0.0952. The number of hydrogen-bond donors (Lipinski definition) is 1. The molecule has 0 aliphatic carbocycles. The van der Waals surface area contributed by atoms with Crippen molar-refractivity contribution in [2.24, 2.45) is 0 Å². The maximum Gasteiger partial charge on any atom is 0.272 e. The van der Waals surface area contributed by atoms with Gasteiger partial charge in [0.25, 0.3) is 5.56 Å². The number of aromatic nitrogens is 2. The minimum atomic E-state index is -0.341. The first kappa shape index (κ1) is 20.6. The summed E-state index contributed by atoms with van der Waals surface area (Å²) in [6, 6.07) is 14.5. The number of rotatable bonds is 6. The second-order valence-electron chi connectivity index (χ2n) is 6.39. The van der Waals surface area contributed by atoms with Crippen molar-refractivity contribution in [3.63, 3.8) is 0 Å². The van der Waals surface area contributed by atoms with Crippen LogP contribution in [-0.4, -0.2) is 21.2 Å². The molecule has 1 amide bonds. The van der Waals surface area contributed by atoms with Gasteiger partial charge in [-0.2, -0.15) is 0 Å². The molecule has 1 N–H and O–H groups in total. The molecule has 4 aromatic rings. The van der Waals surface area contributed by atoms with Crippen LogP contribution in [0.15, 0.2) is 69.9 Å². The Hall–Kier alpha value is -2.68. The van der Waals surface area contributed by atoms with Gasteiger partial charge in [-0.15, -0.1) is 11.3 Å². The lowest BCUT2D eigenvalue weighted by atomic mass is 10.2. The van der Waals surface area contributed by atoms with Crippen molar-refractivity contribution in [2.75, 3.05) is 11.1 Å². The molecule has 30 heavy (non-hydrogen) atoms. The molecule has 2 heterocycles. The zero-order chi connectivity index (χ0) is 21.1. The molecular weight excluding hydrogens is 445 g/mol. The highest BCUT2D eigenvalue weighted by Gasteiger charge is 2.15. The first-order chi connectivity index (χ1) is 14.5. The van der Waals surface area contributed by atoms with Gasteiger partial charge < -0.3 is 5.32 Å². The van der Waals surface area contributed by atoms with Crippen molar-refractivity contribution in [3.8, 4) is 0 Å². The maximum atomic E-state index is 13.2. The average molecular weight is 460 g/mol. The lowest BCUT2D eigenvalue weighted by molar-refractivity contribution is -0.113. The number of anilines is 1. The van der Waals surface area contributed by atoms with E-state index < -0.39 is 0 Å². The van der Waals surface area contributed by atoms with Crippen LogP contribution in [0.25, 0.3) is 10.2 Å². The van der Waals surface area contributed by atoms with Crippen LogP contribution in [0.5, 0.6) is 0 Å². The van der Waals surface area contributed by atoms with Crippen LogP contribution in [0.1, 0.15) is 5.56 Å². The Labute approximate surface area is 184 Å². The zero-order valence-corrected chi connectivity index (χ0v) is 17.9. The summed E-state index contributed by atoms with van der Waals surface area (Å²) in [7, 11) is 0. The van der Waals surface area contributed by atoms with E-state index in [1.54, 1.807) is 42.5 Å². The van der Waals surface area contributed by atoms with Gasteiger partial charge in [-0.1, -0.05) is 35.5 Å². The molecule has 4 rings (SSSR count). The second-order valence-corrected chi connectivity index (χ2v) is 8.69. The Morgan fingerprint density at radius 1 is 1.13 bits per heavy atom. The van der Waals surface area contributed by atoms with E-state index in [1.807, 2.05) is 5.38 Å². The number of carbonyl (C=O) groups excluding carboxylic acids is 1. The van der Waals surface area contributed by atoms with Gasteiger partial charge >= 0.3 is 0 Å². The minimum absolute atomic E-state index is 0.0775. The Bertz CT molecular complexity index is 1250. The van der Waals surface area contributed by atoms with Gasteiger partial charge in [0.15, 0.2) is 5.16 Å². The van der Waals surface area contributed by atoms with Crippen LogP contribution >= 0.6 is 34.7 Å². The number of carbonyl (C=O) groups is 1. The molecule has 0 fully saturated rings. The van der Waals surface area contributed by atoms with Gasteiger partial charge in [0.1, 0.15) is 10.5 Å². The van der Waals surface area contributed by atoms with Crippen molar-refractivity contribution in [2.45, 2.75) is 11.7 Å². The van der Waals surface area contributed by atoms with Crippen molar-refractivity contribution >= 4 is 56.5 Å². The van der Waals surface area contributed by atoms with Gasteiger partial charge in [-0.05, 0) is 53.4 Å². The van der Waals surface area contributed by atoms with Gasteiger partial charge in [0.2, 0.25) is 5.91 Å². The molecule has 2 aromatic carbocycles. The third-order valence-corrected chi connectivity index (χ3v) is 6.37. The maximum absolute atomic E-state index is 13.2. The van der Waals surface area contributed by atoms with E-state index >= 15 is 0 Å². The van der Waals surface area contributed by atoms with Crippen LogP contribution in [0.3, 0.4) is 0 Å². The summed E-state index contributed by atoms with van der Waals surface area (Å²) < 4.78 is 15.3. The number of fused-ring (bicyclic) bond motifs is 1. The molecule has 0 aliphatic heterocycles. The fourth-order valence-electron chi connectivity index (χ4n) is 2.81. The Morgan fingerprint density at radius 3 is 2.60 bits per heavy atom. The second kappa shape index (κ2) is 8.99. The molecule has 0 saturated heterocycles. The summed E-state index contributed by atoms with van der Waals surface area (Å²) in [6.07, 6.45) is 0. The first-order valence-electron chi connectivity index (χ1n) is 8.90. The Kier molecular flexibility index (Phi) is 6.17. The largest absolute Gasteiger partial charge is 0.325 e. The molecule has 0 bridgehead atoms. The van der Waals surface area contributed by atoms with E-state index in [-0.39, 0.29) is 29.6 Å².